The number of ether oxygens (including phenoxy) is 1. The number of benzene rings is 2. The van der Waals surface area contributed by atoms with Gasteiger partial charge in [0.15, 0.2) is 0 Å². The summed E-state index contributed by atoms with van der Waals surface area (Å²) in [5.74, 6) is 1.20. The van der Waals surface area contributed by atoms with Gasteiger partial charge in [0.05, 0.1) is 6.61 Å². The monoisotopic (exact) mass is 338 g/mol. The molecule has 0 spiro atoms. The summed E-state index contributed by atoms with van der Waals surface area (Å²) in [7, 11) is 0. The van der Waals surface area contributed by atoms with E-state index in [4.69, 9.17) is 4.74 Å². The number of allylic oxidation sites excluding steroid dienone is 1. The lowest BCUT2D eigenvalue weighted by molar-refractivity contribution is 0.304. The molecule has 2 nitrogen and oxygen atoms in total. The van der Waals surface area contributed by atoms with Crippen molar-refractivity contribution in [2.24, 2.45) is 0 Å². The molecule has 0 amide bonds. The number of para-hydroxylation sites is 1. The summed E-state index contributed by atoms with van der Waals surface area (Å²) in [5, 5.41) is 9.90. The molecule has 2 aromatic carbocycles. The summed E-state index contributed by atoms with van der Waals surface area (Å²) in [6, 6.07) is 15.3. The van der Waals surface area contributed by atoms with Crippen molar-refractivity contribution in [2.75, 3.05) is 6.61 Å². The van der Waals surface area contributed by atoms with Gasteiger partial charge >= 0.3 is 0 Å². The summed E-state index contributed by atoms with van der Waals surface area (Å²) in [4.78, 5) is 0. The Bertz CT molecular complexity index is 616. The lowest BCUT2D eigenvalue weighted by Gasteiger charge is -2.08. The van der Waals surface area contributed by atoms with Crippen LogP contribution in [-0.2, 0) is 0 Å². The number of hydrogen-bond donors (Lipinski definition) is 1. The van der Waals surface area contributed by atoms with Crippen molar-refractivity contribution >= 4 is 0 Å². The number of unbranched alkanes of at least 4 members (excludes halogenated alkanes) is 7. The third kappa shape index (κ3) is 7.04. The Balaban J connectivity index is 1.61. The van der Waals surface area contributed by atoms with E-state index >= 15 is 0 Å². The molecule has 134 valence electrons. The molecule has 0 saturated heterocycles. The fraction of sp³-hybridized carbons (Fsp3) is 0.391. The normalized spacial score (nSPS) is 10.6. The van der Waals surface area contributed by atoms with Gasteiger partial charge in [-0.05, 0) is 43.0 Å². The highest BCUT2D eigenvalue weighted by Crippen LogP contribution is 2.29. The molecule has 0 atom stereocenters. The van der Waals surface area contributed by atoms with E-state index in [9.17, 15) is 5.11 Å². The Labute approximate surface area is 152 Å². The zero-order valence-corrected chi connectivity index (χ0v) is 15.1. The Morgan fingerprint density at radius 2 is 1.44 bits per heavy atom. The summed E-state index contributed by atoms with van der Waals surface area (Å²) in [5.41, 5.74) is 1.85. The smallest absolute Gasteiger partial charge is 0.123 e. The predicted octanol–water partition coefficient (Wildman–Crippen LogP) is 6.74. The first kappa shape index (κ1) is 19.1. The maximum atomic E-state index is 9.90. The lowest BCUT2D eigenvalue weighted by atomic mass is 10.0. The molecule has 0 fully saturated rings. The van der Waals surface area contributed by atoms with Crippen LogP contribution in [0.15, 0.2) is 61.2 Å². The van der Waals surface area contributed by atoms with Gasteiger partial charge in [0.2, 0.25) is 0 Å². The second-order valence-corrected chi connectivity index (χ2v) is 6.44. The molecule has 0 aliphatic rings. The van der Waals surface area contributed by atoms with Gasteiger partial charge in [-0.2, -0.15) is 0 Å². The third-order valence-electron chi connectivity index (χ3n) is 4.39. The van der Waals surface area contributed by atoms with Crippen LogP contribution in [0.1, 0.15) is 51.4 Å². The maximum absolute atomic E-state index is 9.90. The summed E-state index contributed by atoms with van der Waals surface area (Å²) in [6.07, 6.45) is 12.1. The molecule has 0 aliphatic heterocycles. The van der Waals surface area contributed by atoms with Crippen molar-refractivity contribution in [1.29, 1.82) is 0 Å². The van der Waals surface area contributed by atoms with Crippen molar-refractivity contribution in [1.82, 2.24) is 0 Å². The highest BCUT2D eigenvalue weighted by molar-refractivity contribution is 5.70. The zero-order valence-electron chi connectivity index (χ0n) is 15.1. The minimum atomic E-state index is 0.306. The summed E-state index contributed by atoms with van der Waals surface area (Å²) < 4.78 is 5.81. The second-order valence-electron chi connectivity index (χ2n) is 6.44. The fourth-order valence-corrected chi connectivity index (χ4v) is 2.91. The quantitative estimate of drug-likeness (QED) is 0.343. The Morgan fingerprint density at radius 1 is 0.800 bits per heavy atom. The molecule has 0 aliphatic carbocycles. The van der Waals surface area contributed by atoms with Crippen LogP contribution < -0.4 is 4.74 Å². The van der Waals surface area contributed by atoms with Crippen LogP contribution >= 0.6 is 0 Å². The number of hydrogen-bond acceptors (Lipinski definition) is 2. The first-order valence-electron chi connectivity index (χ1n) is 9.43. The van der Waals surface area contributed by atoms with Crippen molar-refractivity contribution < 1.29 is 9.84 Å². The van der Waals surface area contributed by atoms with Crippen molar-refractivity contribution in [3.8, 4) is 22.6 Å². The van der Waals surface area contributed by atoms with Gasteiger partial charge in [0.1, 0.15) is 11.5 Å². The summed E-state index contributed by atoms with van der Waals surface area (Å²) in [6.45, 7) is 4.52. The highest BCUT2D eigenvalue weighted by atomic mass is 16.5. The topological polar surface area (TPSA) is 29.5 Å². The van der Waals surface area contributed by atoms with E-state index in [-0.39, 0.29) is 0 Å². The standard InChI is InChI=1S/C23H30O2/c1-2-3-4-5-6-7-8-9-12-19-25-21-17-15-20(16-18-21)22-13-10-11-14-23(22)24/h2,10-11,13-18,24H,1,3-9,12,19H2. The number of rotatable bonds is 12. The molecule has 0 heterocycles. The molecule has 0 unspecified atom stereocenters. The van der Waals surface area contributed by atoms with E-state index in [0.717, 1.165) is 36.3 Å². The second kappa shape index (κ2) is 11.4. The van der Waals surface area contributed by atoms with Crippen LogP contribution in [0.5, 0.6) is 11.5 Å². The van der Waals surface area contributed by atoms with Crippen molar-refractivity contribution in [3.63, 3.8) is 0 Å². The molecule has 2 aromatic rings. The first-order chi connectivity index (χ1) is 12.3. The van der Waals surface area contributed by atoms with Gasteiger partial charge in [0, 0.05) is 5.56 Å². The van der Waals surface area contributed by atoms with Gasteiger partial charge in [0.25, 0.3) is 0 Å². The average Bonchev–Trinajstić information content (AvgIpc) is 2.64. The van der Waals surface area contributed by atoms with Crippen LogP contribution in [0.4, 0.5) is 0 Å². The van der Waals surface area contributed by atoms with Gasteiger partial charge in [-0.25, -0.2) is 0 Å². The number of phenolic OH excluding ortho intramolecular Hbond substituents is 1. The van der Waals surface area contributed by atoms with E-state index in [1.54, 1.807) is 6.07 Å². The molecule has 0 aromatic heterocycles. The van der Waals surface area contributed by atoms with Crippen LogP contribution in [0.25, 0.3) is 11.1 Å². The predicted molar refractivity (Wildman–Crippen MR) is 106 cm³/mol. The minimum absolute atomic E-state index is 0.306. The Morgan fingerprint density at radius 3 is 2.12 bits per heavy atom. The fourth-order valence-electron chi connectivity index (χ4n) is 2.91. The molecule has 1 N–H and O–H groups in total. The van der Waals surface area contributed by atoms with E-state index < -0.39 is 0 Å². The van der Waals surface area contributed by atoms with E-state index in [1.807, 2.05) is 48.5 Å². The molecule has 25 heavy (non-hydrogen) atoms. The number of aromatic hydroxyl groups is 1. The van der Waals surface area contributed by atoms with Gasteiger partial charge in [-0.3, -0.25) is 0 Å². The minimum Gasteiger partial charge on any atom is -0.507 e. The van der Waals surface area contributed by atoms with Gasteiger partial charge in [-0.1, -0.05) is 68.5 Å². The first-order valence-corrected chi connectivity index (χ1v) is 9.43. The van der Waals surface area contributed by atoms with Gasteiger partial charge < -0.3 is 9.84 Å². The van der Waals surface area contributed by atoms with Gasteiger partial charge in [-0.15, -0.1) is 6.58 Å². The largest absolute Gasteiger partial charge is 0.507 e. The Kier molecular flexibility index (Phi) is 8.68. The van der Waals surface area contributed by atoms with Crippen LogP contribution in [-0.4, -0.2) is 11.7 Å². The van der Waals surface area contributed by atoms with Crippen LogP contribution in [0.2, 0.25) is 0 Å². The highest BCUT2D eigenvalue weighted by Gasteiger charge is 2.03. The van der Waals surface area contributed by atoms with Crippen molar-refractivity contribution in [2.45, 2.75) is 51.4 Å². The van der Waals surface area contributed by atoms with E-state index in [0.29, 0.717) is 5.75 Å². The summed E-state index contributed by atoms with van der Waals surface area (Å²) >= 11 is 0. The molecule has 0 saturated carbocycles. The van der Waals surface area contributed by atoms with Crippen LogP contribution in [0.3, 0.4) is 0 Å². The van der Waals surface area contributed by atoms with E-state index in [2.05, 4.69) is 6.58 Å². The maximum Gasteiger partial charge on any atom is 0.123 e. The van der Waals surface area contributed by atoms with Crippen molar-refractivity contribution in [3.05, 3.63) is 61.2 Å². The molecule has 2 rings (SSSR count). The Hall–Kier alpha value is -2.22. The average molecular weight is 338 g/mol. The molecular formula is C23H30O2. The molecular weight excluding hydrogens is 308 g/mol. The molecule has 0 bridgehead atoms. The molecule has 2 heteroatoms. The third-order valence-corrected chi connectivity index (χ3v) is 4.39. The molecule has 0 radical (unpaired) electrons. The van der Waals surface area contributed by atoms with Crippen LogP contribution in [0, 0.1) is 0 Å². The number of phenols is 1. The lowest BCUT2D eigenvalue weighted by Crippen LogP contribution is -1.97. The zero-order chi connectivity index (χ0) is 17.7. The SMILES string of the molecule is C=CCCCCCCCCCOc1ccc(-c2ccccc2O)cc1. The van der Waals surface area contributed by atoms with E-state index in [1.165, 1.54) is 38.5 Å².